The van der Waals surface area contributed by atoms with Crippen LogP contribution in [0, 0.1) is 0 Å². The topological polar surface area (TPSA) is 61.0 Å². The Hall–Kier alpha value is -1.20. The Morgan fingerprint density at radius 1 is 1.50 bits per heavy atom. The summed E-state index contributed by atoms with van der Waals surface area (Å²) in [5.74, 6) is 1.18. The van der Waals surface area contributed by atoms with Gasteiger partial charge in [0.1, 0.15) is 16.2 Å². The second-order valence-electron chi connectivity index (χ2n) is 3.86. The average molecular weight is 237 g/mol. The molecule has 86 valence electrons. The maximum absolute atomic E-state index is 5.91. The molecule has 16 heavy (non-hydrogen) atoms. The quantitative estimate of drug-likeness (QED) is 0.891. The number of nitrogens with zero attached hydrogens (tertiary/aromatic N) is 2. The highest BCUT2D eigenvalue weighted by atomic mass is 32.1. The van der Waals surface area contributed by atoms with E-state index in [2.05, 4.69) is 9.97 Å². The third kappa shape index (κ3) is 1.66. The number of anilines is 1. The molecular formula is C11H15N3OS. The lowest BCUT2D eigenvalue weighted by atomic mass is 10.0. The van der Waals surface area contributed by atoms with Gasteiger partial charge in [-0.3, -0.25) is 0 Å². The van der Waals surface area contributed by atoms with Gasteiger partial charge in [0.15, 0.2) is 5.82 Å². The molecule has 2 rings (SSSR count). The molecule has 0 saturated heterocycles. The third-order valence-corrected chi connectivity index (χ3v) is 3.76. The number of nitrogen functional groups attached to an aromatic ring is 1. The number of hydrogen-bond donors (Lipinski definition) is 1. The third-order valence-electron chi connectivity index (χ3n) is 2.95. The van der Waals surface area contributed by atoms with Gasteiger partial charge in [-0.1, -0.05) is 6.92 Å². The summed E-state index contributed by atoms with van der Waals surface area (Å²) in [6, 6.07) is 1.94. The maximum atomic E-state index is 5.91. The van der Waals surface area contributed by atoms with Crippen molar-refractivity contribution >= 4 is 27.4 Å². The second kappa shape index (κ2) is 3.99. The van der Waals surface area contributed by atoms with E-state index in [0.717, 1.165) is 16.6 Å². The van der Waals surface area contributed by atoms with Crippen molar-refractivity contribution in [3.63, 3.8) is 0 Å². The summed E-state index contributed by atoms with van der Waals surface area (Å²) in [5, 5.41) is 2.89. The molecule has 0 radical (unpaired) electrons. The van der Waals surface area contributed by atoms with E-state index in [9.17, 15) is 0 Å². The van der Waals surface area contributed by atoms with Crippen LogP contribution in [0.1, 0.15) is 26.1 Å². The lowest BCUT2D eigenvalue weighted by Gasteiger charge is -2.24. The Labute approximate surface area is 98.5 Å². The van der Waals surface area contributed by atoms with Crippen molar-refractivity contribution in [3.8, 4) is 0 Å². The van der Waals surface area contributed by atoms with Crippen LogP contribution in [0.25, 0.3) is 10.2 Å². The van der Waals surface area contributed by atoms with E-state index < -0.39 is 5.60 Å². The Morgan fingerprint density at radius 3 is 2.88 bits per heavy atom. The Morgan fingerprint density at radius 2 is 2.25 bits per heavy atom. The zero-order valence-corrected chi connectivity index (χ0v) is 10.5. The van der Waals surface area contributed by atoms with Crippen molar-refractivity contribution in [1.29, 1.82) is 0 Å². The van der Waals surface area contributed by atoms with Crippen molar-refractivity contribution in [2.75, 3.05) is 12.8 Å². The summed E-state index contributed by atoms with van der Waals surface area (Å²) in [7, 11) is 1.67. The van der Waals surface area contributed by atoms with E-state index in [4.69, 9.17) is 10.5 Å². The molecule has 0 spiro atoms. The van der Waals surface area contributed by atoms with Gasteiger partial charge in [0, 0.05) is 7.11 Å². The van der Waals surface area contributed by atoms with Crippen LogP contribution in [0.5, 0.6) is 0 Å². The summed E-state index contributed by atoms with van der Waals surface area (Å²) in [5.41, 5.74) is 5.44. The molecule has 2 heterocycles. The number of ether oxygens (including phenoxy) is 1. The van der Waals surface area contributed by atoms with Crippen molar-refractivity contribution < 1.29 is 4.74 Å². The molecule has 2 N–H and O–H groups in total. The molecule has 0 aliphatic carbocycles. The predicted molar refractivity (Wildman–Crippen MR) is 66.5 cm³/mol. The zero-order valence-electron chi connectivity index (χ0n) is 9.65. The second-order valence-corrected chi connectivity index (χ2v) is 4.75. The first-order valence-corrected chi connectivity index (χ1v) is 6.05. The van der Waals surface area contributed by atoms with Crippen LogP contribution in [-0.4, -0.2) is 17.1 Å². The van der Waals surface area contributed by atoms with Crippen LogP contribution in [0.15, 0.2) is 11.4 Å². The first-order valence-electron chi connectivity index (χ1n) is 5.17. The van der Waals surface area contributed by atoms with E-state index >= 15 is 0 Å². The van der Waals surface area contributed by atoms with Gasteiger partial charge in [0.05, 0.1) is 5.39 Å². The Kier molecular flexibility index (Phi) is 2.82. The van der Waals surface area contributed by atoms with Gasteiger partial charge in [-0.25, -0.2) is 9.97 Å². The SMILES string of the molecule is CCC(C)(OC)c1nc(N)c2ccsc2n1. The van der Waals surface area contributed by atoms with Gasteiger partial charge in [-0.15, -0.1) is 11.3 Å². The fourth-order valence-electron chi connectivity index (χ4n) is 1.51. The molecule has 0 aromatic carbocycles. The number of hydrogen-bond acceptors (Lipinski definition) is 5. The predicted octanol–water partition coefficient (Wildman–Crippen LogP) is 2.55. The van der Waals surface area contributed by atoms with Gasteiger partial charge >= 0.3 is 0 Å². The van der Waals surface area contributed by atoms with Gasteiger partial charge in [0.25, 0.3) is 0 Å². The molecule has 2 aromatic heterocycles. The van der Waals surface area contributed by atoms with Gasteiger partial charge in [-0.2, -0.15) is 0 Å². The smallest absolute Gasteiger partial charge is 0.163 e. The molecule has 0 aliphatic heterocycles. The first-order chi connectivity index (χ1) is 7.60. The van der Waals surface area contributed by atoms with Crippen LogP contribution in [-0.2, 0) is 10.3 Å². The number of nitrogens with two attached hydrogens (primary N) is 1. The molecule has 0 fully saturated rings. The lowest BCUT2D eigenvalue weighted by molar-refractivity contribution is -0.00853. The summed E-state index contributed by atoms with van der Waals surface area (Å²) in [4.78, 5) is 9.76. The first kappa shape index (κ1) is 11.3. The van der Waals surface area contributed by atoms with Crippen molar-refractivity contribution in [2.45, 2.75) is 25.9 Å². The van der Waals surface area contributed by atoms with Crippen LogP contribution in [0.2, 0.25) is 0 Å². The normalized spacial score (nSPS) is 15.2. The molecular weight excluding hydrogens is 222 g/mol. The van der Waals surface area contributed by atoms with Crippen molar-refractivity contribution in [1.82, 2.24) is 9.97 Å². The van der Waals surface area contributed by atoms with Gasteiger partial charge in [-0.05, 0) is 24.8 Å². The summed E-state index contributed by atoms with van der Waals surface area (Å²) < 4.78 is 5.48. The van der Waals surface area contributed by atoms with Crippen molar-refractivity contribution in [3.05, 3.63) is 17.3 Å². The molecule has 1 atom stereocenters. The van der Waals surface area contributed by atoms with E-state index in [1.165, 1.54) is 0 Å². The van der Waals surface area contributed by atoms with E-state index in [0.29, 0.717) is 11.6 Å². The molecule has 0 amide bonds. The van der Waals surface area contributed by atoms with Gasteiger partial charge < -0.3 is 10.5 Å². The lowest BCUT2D eigenvalue weighted by Crippen LogP contribution is -2.26. The number of methoxy groups -OCH3 is 1. The number of fused-ring (bicyclic) bond motifs is 1. The monoisotopic (exact) mass is 237 g/mol. The minimum Gasteiger partial charge on any atom is -0.383 e. The number of rotatable bonds is 3. The highest BCUT2D eigenvalue weighted by Gasteiger charge is 2.28. The zero-order chi connectivity index (χ0) is 11.8. The van der Waals surface area contributed by atoms with Crippen molar-refractivity contribution in [2.24, 2.45) is 0 Å². The minimum absolute atomic E-state index is 0.466. The highest BCUT2D eigenvalue weighted by Crippen LogP contribution is 2.30. The standard InChI is InChI=1S/C11H15N3OS/c1-4-11(2,15-3)10-13-8(12)7-5-6-16-9(7)14-10/h5-6H,4H2,1-3H3,(H2,12,13,14). The number of aromatic nitrogens is 2. The summed E-state index contributed by atoms with van der Waals surface area (Å²) in [6.07, 6.45) is 0.805. The largest absolute Gasteiger partial charge is 0.383 e. The number of thiophene rings is 1. The van der Waals surface area contributed by atoms with E-state index in [1.54, 1.807) is 18.4 Å². The molecule has 2 aromatic rings. The summed E-state index contributed by atoms with van der Waals surface area (Å²) in [6.45, 7) is 4.02. The summed E-state index contributed by atoms with van der Waals surface area (Å²) >= 11 is 1.57. The van der Waals surface area contributed by atoms with E-state index in [1.807, 2.05) is 25.3 Å². The van der Waals surface area contributed by atoms with Crippen LogP contribution in [0.3, 0.4) is 0 Å². The van der Waals surface area contributed by atoms with E-state index in [-0.39, 0.29) is 0 Å². The minimum atomic E-state index is -0.466. The van der Waals surface area contributed by atoms with Crippen LogP contribution < -0.4 is 5.73 Å². The average Bonchev–Trinajstić information content (AvgIpc) is 2.76. The van der Waals surface area contributed by atoms with Crippen LogP contribution in [0.4, 0.5) is 5.82 Å². The molecule has 5 heteroatoms. The maximum Gasteiger partial charge on any atom is 0.163 e. The fraction of sp³-hybridized carbons (Fsp3) is 0.455. The molecule has 0 saturated carbocycles. The molecule has 4 nitrogen and oxygen atoms in total. The van der Waals surface area contributed by atoms with Crippen LogP contribution >= 0.6 is 11.3 Å². The highest BCUT2D eigenvalue weighted by molar-refractivity contribution is 7.16. The van der Waals surface area contributed by atoms with Gasteiger partial charge in [0.2, 0.25) is 0 Å². The molecule has 0 bridgehead atoms. The Bertz CT molecular complexity index is 505. The molecule has 1 unspecified atom stereocenters. The fourth-order valence-corrected chi connectivity index (χ4v) is 2.28. The molecule has 0 aliphatic rings. The Balaban J connectivity index is 2.61.